The number of aromatic nitrogens is 9. The number of carbonyl (C=O) groups is 5. The van der Waals surface area contributed by atoms with Crippen molar-refractivity contribution in [2.45, 2.75) is 67.3 Å². The van der Waals surface area contributed by atoms with E-state index in [9.17, 15) is 24.0 Å². The molecule has 0 fully saturated rings. The van der Waals surface area contributed by atoms with Gasteiger partial charge in [0.05, 0.1) is 59.2 Å². The molecule has 0 saturated carbocycles. The van der Waals surface area contributed by atoms with E-state index >= 15 is 0 Å². The highest BCUT2D eigenvalue weighted by molar-refractivity contribution is 7.17. The van der Waals surface area contributed by atoms with E-state index in [-0.39, 0.29) is 29.5 Å². The van der Waals surface area contributed by atoms with Crippen LogP contribution >= 0.6 is 34.0 Å². The van der Waals surface area contributed by atoms with Gasteiger partial charge in [0.2, 0.25) is 23.8 Å². The first-order valence-corrected chi connectivity index (χ1v) is 33.4. The standard InChI is InChI=1S/C23H27N7O2S.C21H23N7O3S.C21H21N7O2S/c1-6-30-20-17(29(4)21(31)19-22(30)33-13(2)25-19)11-24-23(27-20)26-16-9-15-12-28(3)8-7-14(15)10-18(16)32-5;1-6-28-17-14(27(4)19(30)16-20(28)32-11(2)24-16)10-23-21(26-17)25-13-8-7-12(18(29)22-3)9-15(13)31-5;1-4-28-18-15(27(3)19(30)17-20(28)31-11(2)23-17)10-22-21(26-18)24-13-6-7-14-12(9-13)5-8-16(29)25-14/h9-11H,6-8,12H2,1-5H3,(H,24,26,27);7-10H,6H2,1-5H3,(H,22,29)(H,23,25,26);6-7,9-10H,4-5,8H2,1-3H3,(H,25,29)(H,22,24,26). The zero-order valence-electron chi connectivity index (χ0n) is 55.2. The Labute approximate surface area is 565 Å². The van der Waals surface area contributed by atoms with Gasteiger partial charge in [0.1, 0.15) is 43.6 Å². The quantitative estimate of drug-likeness (QED) is 0.0759. The summed E-state index contributed by atoms with van der Waals surface area (Å²) in [4.78, 5) is 116. The maximum absolute atomic E-state index is 13.0. The minimum absolute atomic E-state index is 0.0401. The SMILES string of the molecule is CCN1c2nc(Nc3cc4c(cc3OC)CCN(C)C4)ncc2N(C)C(=O)c2nc(C)sc21.CCN1c2nc(Nc3ccc(C(=O)NC)cc3OC)ncc2N(C)C(=O)c2nc(C)sc21.CCN1c2nc(Nc3ccc4c(c3)CCC(=O)N4)ncc2N(C)C(=O)c2nc(C)sc21. The molecule has 14 rings (SSSR count). The van der Waals surface area contributed by atoms with Crippen LogP contribution in [0.15, 0.2) is 67.1 Å². The van der Waals surface area contributed by atoms with Crippen LogP contribution in [0.4, 0.5) is 90.1 Å². The van der Waals surface area contributed by atoms with Crippen molar-refractivity contribution < 1.29 is 33.4 Å². The number of fused-ring (bicyclic) bond motifs is 8. The zero-order valence-corrected chi connectivity index (χ0v) is 57.7. The van der Waals surface area contributed by atoms with Crippen LogP contribution in [0.25, 0.3) is 0 Å². The molecule has 0 atom stereocenters. The first-order chi connectivity index (χ1) is 46.2. The first kappa shape index (κ1) is 65.6. The van der Waals surface area contributed by atoms with Crippen molar-refractivity contribution in [1.82, 2.24) is 55.1 Å². The van der Waals surface area contributed by atoms with E-state index in [1.54, 1.807) is 81.9 Å². The molecular weight excluding hydrogens is 1280 g/mol. The van der Waals surface area contributed by atoms with Crippen LogP contribution < -0.4 is 65.5 Å². The van der Waals surface area contributed by atoms with Gasteiger partial charge in [-0.25, -0.2) is 29.9 Å². The lowest BCUT2D eigenvalue weighted by Gasteiger charge is -2.26. The molecule has 0 unspecified atom stereocenters. The van der Waals surface area contributed by atoms with Crippen LogP contribution in [0.2, 0.25) is 0 Å². The van der Waals surface area contributed by atoms with Crippen molar-refractivity contribution in [2.75, 3.05) is 126 Å². The van der Waals surface area contributed by atoms with Gasteiger partial charge in [-0.15, -0.1) is 34.0 Å². The van der Waals surface area contributed by atoms with Crippen molar-refractivity contribution in [3.63, 3.8) is 0 Å². The second-order valence-corrected chi connectivity index (χ2v) is 26.3. The Morgan fingerprint density at radius 1 is 0.542 bits per heavy atom. The van der Waals surface area contributed by atoms with Crippen molar-refractivity contribution in [2.24, 2.45) is 0 Å². The van der Waals surface area contributed by atoms with Gasteiger partial charge < -0.3 is 70.4 Å². The fraction of sp³-hybridized carbons (Fsp3) is 0.323. The predicted octanol–water partition coefficient (Wildman–Crippen LogP) is 10.4. The summed E-state index contributed by atoms with van der Waals surface area (Å²) in [7, 11) is 12.0. The van der Waals surface area contributed by atoms with E-state index in [1.165, 1.54) is 57.1 Å². The lowest BCUT2D eigenvalue weighted by molar-refractivity contribution is -0.116. The van der Waals surface area contributed by atoms with Crippen LogP contribution in [-0.4, -0.2) is 155 Å². The van der Waals surface area contributed by atoms with Gasteiger partial charge >= 0.3 is 0 Å². The molecule has 11 heterocycles. The molecule has 6 aromatic heterocycles. The molecule has 3 aromatic carbocycles. The van der Waals surface area contributed by atoms with Gasteiger partial charge in [-0.05, 0) is 127 Å². The molecule has 5 N–H and O–H groups in total. The Morgan fingerprint density at radius 2 is 1.01 bits per heavy atom. The lowest BCUT2D eigenvalue weighted by atomic mass is 9.99. The molecule has 0 spiro atoms. The fourth-order valence-electron chi connectivity index (χ4n) is 11.7. The maximum atomic E-state index is 13.0. The van der Waals surface area contributed by atoms with E-state index in [1.807, 2.05) is 74.4 Å². The summed E-state index contributed by atoms with van der Waals surface area (Å²) in [5, 5.41) is 20.1. The smallest absolute Gasteiger partial charge is 0.279 e. The normalized spacial score (nSPS) is 14.5. The number of nitrogens with zero attached hydrogens (tertiary/aromatic N) is 16. The molecule has 0 bridgehead atoms. The largest absolute Gasteiger partial charge is 0.495 e. The summed E-state index contributed by atoms with van der Waals surface area (Å²) in [5.41, 5.74) is 10.4. The van der Waals surface area contributed by atoms with Gasteiger partial charge in [0.15, 0.2) is 34.5 Å². The molecule has 5 amide bonds. The number of carbonyl (C=O) groups excluding carboxylic acids is 5. The summed E-state index contributed by atoms with van der Waals surface area (Å²) in [6.45, 7) is 15.5. The van der Waals surface area contributed by atoms with E-state index in [0.717, 1.165) is 77.9 Å². The minimum Gasteiger partial charge on any atom is -0.495 e. The molecule has 0 aliphatic carbocycles. The van der Waals surface area contributed by atoms with Crippen molar-refractivity contribution >= 4 is 154 Å². The van der Waals surface area contributed by atoms with Crippen molar-refractivity contribution in [3.05, 3.63) is 121 Å². The van der Waals surface area contributed by atoms with Crippen LogP contribution in [0, 0.1) is 20.8 Å². The Hall–Kier alpha value is -10.5. The molecular formula is C65H71N21O7S3. The third kappa shape index (κ3) is 12.6. The number of aryl methyl sites for hydroxylation is 4. The second-order valence-electron chi connectivity index (χ2n) is 22.8. The maximum Gasteiger partial charge on any atom is 0.279 e. The van der Waals surface area contributed by atoms with E-state index in [4.69, 9.17) is 24.4 Å². The van der Waals surface area contributed by atoms with Gasteiger partial charge in [0, 0.05) is 84.3 Å². The molecule has 28 nitrogen and oxygen atoms in total. The highest BCUT2D eigenvalue weighted by atomic mass is 32.1. The Kier molecular flexibility index (Phi) is 18.5. The Balaban J connectivity index is 0.000000138. The lowest BCUT2D eigenvalue weighted by Crippen LogP contribution is -2.26. The third-order valence-electron chi connectivity index (χ3n) is 16.6. The molecule has 9 aromatic rings. The number of benzene rings is 3. The molecule has 0 saturated heterocycles. The number of rotatable bonds is 12. The number of amides is 5. The zero-order chi connectivity index (χ0) is 68.0. The van der Waals surface area contributed by atoms with Gasteiger partial charge in [0.25, 0.3) is 23.6 Å². The Bertz CT molecular complexity index is 4570. The highest BCUT2D eigenvalue weighted by Crippen LogP contribution is 2.46. The molecule has 496 valence electrons. The van der Waals surface area contributed by atoms with Crippen LogP contribution in [-0.2, 0) is 24.2 Å². The number of likely N-dealkylation sites (N-methyl/N-ethyl adjacent to an activating group) is 1. The van der Waals surface area contributed by atoms with Crippen LogP contribution in [0.3, 0.4) is 0 Å². The molecule has 5 aliphatic rings. The number of hydrogen-bond donors (Lipinski definition) is 5. The Morgan fingerprint density at radius 3 is 1.48 bits per heavy atom. The first-order valence-electron chi connectivity index (χ1n) is 30.9. The second kappa shape index (κ2) is 27.1. The van der Waals surface area contributed by atoms with Crippen LogP contribution in [0.5, 0.6) is 11.5 Å². The fourth-order valence-corrected chi connectivity index (χ4v) is 14.6. The molecule has 96 heavy (non-hydrogen) atoms. The summed E-state index contributed by atoms with van der Waals surface area (Å²) < 4.78 is 11.1. The summed E-state index contributed by atoms with van der Waals surface area (Å²) in [5.74, 6) is 3.68. The monoisotopic (exact) mass is 1350 g/mol. The number of hydrogen-bond acceptors (Lipinski definition) is 26. The molecule has 31 heteroatoms. The summed E-state index contributed by atoms with van der Waals surface area (Å²) in [6.07, 6.45) is 7.14. The average Bonchev–Trinajstić information content (AvgIpc) is 1.64. The number of anilines is 16. The summed E-state index contributed by atoms with van der Waals surface area (Å²) >= 11 is 4.44. The van der Waals surface area contributed by atoms with Crippen molar-refractivity contribution in [3.8, 4) is 11.5 Å². The van der Waals surface area contributed by atoms with E-state index < -0.39 is 0 Å². The summed E-state index contributed by atoms with van der Waals surface area (Å²) in [6, 6.07) is 15.1. The number of ether oxygens (including phenoxy) is 2. The van der Waals surface area contributed by atoms with Crippen LogP contribution in [0.1, 0.15) is 101 Å². The molecule has 0 radical (unpaired) electrons. The average molecular weight is 1350 g/mol. The predicted molar refractivity (Wildman–Crippen MR) is 376 cm³/mol. The van der Waals surface area contributed by atoms with E-state index in [0.29, 0.717) is 119 Å². The number of methoxy groups -OCH3 is 2. The number of thiazole rings is 3. The number of nitrogens with one attached hydrogen (secondary N) is 5. The third-order valence-corrected chi connectivity index (χ3v) is 19.6. The van der Waals surface area contributed by atoms with Gasteiger partial charge in [-0.2, -0.15) is 15.0 Å². The van der Waals surface area contributed by atoms with Gasteiger partial charge in [-0.3, -0.25) is 24.0 Å². The minimum atomic E-state index is -0.210. The molecule has 5 aliphatic heterocycles. The van der Waals surface area contributed by atoms with Gasteiger partial charge in [-0.1, -0.05) is 0 Å². The highest BCUT2D eigenvalue weighted by Gasteiger charge is 2.37. The topological polar surface area (TPSA) is 303 Å². The van der Waals surface area contributed by atoms with Crippen molar-refractivity contribution in [1.29, 1.82) is 0 Å². The van der Waals surface area contributed by atoms with E-state index in [2.05, 4.69) is 80.6 Å².